The summed E-state index contributed by atoms with van der Waals surface area (Å²) in [5, 5.41) is 1.12. The maximum atomic E-state index is 12.1. The summed E-state index contributed by atoms with van der Waals surface area (Å²) in [7, 11) is 0. The van der Waals surface area contributed by atoms with Crippen LogP contribution in [0.1, 0.15) is 39.4 Å². The molecule has 0 amide bonds. The van der Waals surface area contributed by atoms with Crippen molar-refractivity contribution in [3.05, 3.63) is 42.1 Å². The Kier molecular flexibility index (Phi) is 4.13. The summed E-state index contributed by atoms with van der Waals surface area (Å²) < 4.78 is 14.9. The van der Waals surface area contributed by atoms with Crippen LogP contribution in [-0.4, -0.2) is 14.3 Å². The standard InChI is InChI=1S/C15H20N2OS/c1-11(17-19(18)15(2,3)4)13-10-9-12-7-5-6-8-14(12)16-13/h5-11,17H,1-4H3/t11-,19?/m0/s1. The van der Waals surface area contributed by atoms with E-state index in [1.54, 1.807) is 0 Å². The minimum atomic E-state index is -1.09. The second-order valence-corrected chi connectivity index (χ2v) is 7.65. The summed E-state index contributed by atoms with van der Waals surface area (Å²) >= 11 is -1.09. The molecule has 102 valence electrons. The molecule has 19 heavy (non-hydrogen) atoms. The predicted molar refractivity (Wildman–Crippen MR) is 81.2 cm³/mol. The Morgan fingerprint density at radius 3 is 2.53 bits per heavy atom. The molecule has 0 radical (unpaired) electrons. The first-order valence-electron chi connectivity index (χ1n) is 6.41. The predicted octanol–water partition coefficient (Wildman–Crippen LogP) is 3.35. The Morgan fingerprint density at radius 1 is 1.16 bits per heavy atom. The van der Waals surface area contributed by atoms with E-state index in [1.807, 2.05) is 58.0 Å². The highest BCUT2D eigenvalue weighted by atomic mass is 32.2. The molecule has 2 rings (SSSR count). The average molecular weight is 276 g/mol. The lowest BCUT2D eigenvalue weighted by Crippen LogP contribution is -2.40. The highest BCUT2D eigenvalue weighted by Crippen LogP contribution is 2.20. The molecule has 0 fully saturated rings. The van der Waals surface area contributed by atoms with Gasteiger partial charge in [-0.1, -0.05) is 24.3 Å². The summed E-state index contributed by atoms with van der Waals surface area (Å²) in [5.41, 5.74) is 1.88. The van der Waals surface area contributed by atoms with Crippen molar-refractivity contribution in [1.29, 1.82) is 0 Å². The maximum Gasteiger partial charge on any atom is 0.136 e. The van der Waals surface area contributed by atoms with E-state index in [2.05, 4.69) is 15.8 Å². The summed E-state index contributed by atoms with van der Waals surface area (Å²) in [6.07, 6.45) is 0. The number of rotatable bonds is 3. The van der Waals surface area contributed by atoms with Crippen LogP contribution in [0.15, 0.2) is 36.4 Å². The van der Waals surface area contributed by atoms with E-state index in [4.69, 9.17) is 0 Å². The number of pyridine rings is 1. The first-order valence-corrected chi connectivity index (χ1v) is 7.56. The molecule has 1 aromatic carbocycles. The molecule has 0 aliphatic carbocycles. The van der Waals surface area contributed by atoms with Crippen LogP contribution in [0.25, 0.3) is 10.9 Å². The third-order valence-corrected chi connectivity index (χ3v) is 4.58. The van der Waals surface area contributed by atoms with Crippen molar-refractivity contribution in [3.8, 4) is 0 Å². The molecule has 0 saturated heterocycles. The van der Waals surface area contributed by atoms with Gasteiger partial charge in [0.2, 0.25) is 0 Å². The van der Waals surface area contributed by atoms with Gasteiger partial charge in [0, 0.05) is 16.7 Å². The van der Waals surface area contributed by atoms with Crippen molar-refractivity contribution in [3.63, 3.8) is 0 Å². The van der Waals surface area contributed by atoms with Crippen molar-refractivity contribution in [2.24, 2.45) is 0 Å². The molecule has 1 N–H and O–H groups in total. The highest BCUT2D eigenvalue weighted by Gasteiger charge is 2.28. The number of fused-ring (bicyclic) bond motifs is 1. The number of hydrogen-bond acceptors (Lipinski definition) is 3. The van der Waals surface area contributed by atoms with Crippen molar-refractivity contribution in [2.75, 3.05) is 0 Å². The number of nitrogens with one attached hydrogen (secondary N) is 1. The van der Waals surface area contributed by atoms with E-state index in [0.717, 1.165) is 16.6 Å². The fourth-order valence-electron chi connectivity index (χ4n) is 1.72. The van der Waals surface area contributed by atoms with Crippen LogP contribution in [0, 0.1) is 0 Å². The van der Waals surface area contributed by atoms with Gasteiger partial charge >= 0.3 is 0 Å². The van der Waals surface area contributed by atoms with E-state index in [-0.39, 0.29) is 10.8 Å². The lowest BCUT2D eigenvalue weighted by atomic mass is 10.1. The maximum absolute atomic E-state index is 12.1. The second kappa shape index (κ2) is 5.49. The fraction of sp³-hybridized carbons (Fsp3) is 0.400. The van der Waals surface area contributed by atoms with E-state index in [9.17, 15) is 4.55 Å². The van der Waals surface area contributed by atoms with Gasteiger partial charge in [0.15, 0.2) is 0 Å². The van der Waals surface area contributed by atoms with Gasteiger partial charge in [-0.05, 0) is 39.8 Å². The molecule has 0 aliphatic heterocycles. The molecule has 0 aliphatic rings. The van der Waals surface area contributed by atoms with Gasteiger partial charge in [-0.2, -0.15) is 0 Å². The summed E-state index contributed by atoms with van der Waals surface area (Å²) in [6, 6.07) is 12.0. The zero-order valence-corrected chi connectivity index (χ0v) is 12.6. The molecule has 2 atom stereocenters. The zero-order chi connectivity index (χ0) is 14.0. The largest absolute Gasteiger partial charge is 0.598 e. The van der Waals surface area contributed by atoms with E-state index >= 15 is 0 Å². The van der Waals surface area contributed by atoms with Gasteiger partial charge in [0.05, 0.1) is 17.3 Å². The molecule has 0 saturated carbocycles. The fourth-order valence-corrected chi connectivity index (χ4v) is 2.52. The van der Waals surface area contributed by atoms with Crippen LogP contribution in [0.5, 0.6) is 0 Å². The van der Waals surface area contributed by atoms with Crippen LogP contribution >= 0.6 is 0 Å². The summed E-state index contributed by atoms with van der Waals surface area (Å²) in [5.74, 6) is 0. The van der Waals surface area contributed by atoms with Gasteiger partial charge in [0.25, 0.3) is 0 Å². The van der Waals surface area contributed by atoms with Gasteiger partial charge in [-0.25, -0.2) is 0 Å². The Morgan fingerprint density at radius 2 is 1.84 bits per heavy atom. The molecule has 2 aromatic rings. The first-order chi connectivity index (χ1) is 8.88. The monoisotopic (exact) mass is 276 g/mol. The highest BCUT2D eigenvalue weighted by molar-refractivity contribution is 7.90. The third kappa shape index (κ3) is 3.47. The van der Waals surface area contributed by atoms with Gasteiger partial charge in [-0.3, -0.25) is 4.98 Å². The molecular formula is C15H20N2OS. The molecule has 1 unspecified atom stereocenters. The SMILES string of the molecule is C[C@H](N[S+]([O-])C(C)(C)C)c1ccc2ccccc2n1. The minimum absolute atomic E-state index is 0.0373. The number of nitrogens with zero attached hydrogens (tertiary/aromatic N) is 1. The van der Waals surface area contributed by atoms with Crippen LogP contribution in [0.2, 0.25) is 0 Å². The Hall–Kier alpha value is -1.10. The quantitative estimate of drug-likeness (QED) is 0.875. The topological polar surface area (TPSA) is 48.0 Å². The summed E-state index contributed by atoms with van der Waals surface area (Å²) in [6.45, 7) is 7.85. The molecule has 0 spiro atoms. The minimum Gasteiger partial charge on any atom is -0.598 e. The normalized spacial score (nSPS) is 15.4. The van der Waals surface area contributed by atoms with E-state index in [0.29, 0.717) is 0 Å². The lowest BCUT2D eigenvalue weighted by Gasteiger charge is -2.26. The second-order valence-electron chi connectivity index (χ2n) is 5.65. The van der Waals surface area contributed by atoms with Gasteiger partial charge < -0.3 is 4.55 Å². The third-order valence-electron chi connectivity index (χ3n) is 2.90. The Balaban J connectivity index is 2.19. The van der Waals surface area contributed by atoms with Crippen molar-refractivity contribution in [1.82, 2.24) is 9.71 Å². The summed E-state index contributed by atoms with van der Waals surface area (Å²) in [4.78, 5) is 4.61. The average Bonchev–Trinajstić information content (AvgIpc) is 2.37. The molecule has 3 nitrogen and oxygen atoms in total. The van der Waals surface area contributed by atoms with Crippen LogP contribution in [0.4, 0.5) is 0 Å². The van der Waals surface area contributed by atoms with Crippen molar-refractivity contribution in [2.45, 2.75) is 38.5 Å². The number of aromatic nitrogens is 1. The van der Waals surface area contributed by atoms with Crippen LogP contribution < -0.4 is 4.72 Å². The molecule has 4 heteroatoms. The van der Waals surface area contributed by atoms with E-state index in [1.165, 1.54) is 0 Å². The number of para-hydroxylation sites is 1. The smallest absolute Gasteiger partial charge is 0.136 e. The Bertz CT molecular complexity index is 565. The van der Waals surface area contributed by atoms with Gasteiger partial charge in [-0.15, -0.1) is 4.72 Å². The molecule has 1 heterocycles. The number of hydrogen-bond donors (Lipinski definition) is 1. The molecule has 0 bridgehead atoms. The van der Waals surface area contributed by atoms with Gasteiger partial charge in [0.1, 0.15) is 4.75 Å². The van der Waals surface area contributed by atoms with Crippen LogP contribution in [0.3, 0.4) is 0 Å². The Labute approximate surface area is 117 Å². The van der Waals surface area contributed by atoms with Crippen molar-refractivity contribution >= 4 is 22.3 Å². The zero-order valence-electron chi connectivity index (χ0n) is 11.8. The van der Waals surface area contributed by atoms with E-state index < -0.39 is 11.4 Å². The number of benzene rings is 1. The lowest BCUT2D eigenvalue weighted by molar-refractivity contribution is 0.529. The molecule has 1 aromatic heterocycles. The first kappa shape index (κ1) is 14.3. The van der Waals surface area contributed by atoms with Crippen molar-refractivity contribution < 1.29 is 4.55 Å². The van der Waals surface area contributed by atoms with Crippen LogP contribution in [-0.2, 0) is 11.4 Å². The molecular weight excluding hydrogens is 256 g/mol.